The van der Waals surface area contributed by atoms with Crippen molar-refractivity contribution < 1.29 is 4.79 Å². The molecular weight excluding hydrogens is 176 g/mol. The highest BCUT2D eigenvalue weighted by Gasteiger charge is 2.29. The predicted molar refractivity (Wildman–Crippen MR) is 56.5 cm³/mol. The van der Waals surface area contributed by atoms with Crippen LogP contribution in [0.3, 0.4) is 0 Å². The Kier molecular flexibility index (Phi) is 3.25. The van der Waals surface area contributed by atoms with E-state index in [2.05, 4.69) is 0 Å². The second kappa shape index (κ2) is 4.24. The standard InChI is InChI=1S/C11H16N2O/c1-2-11(13,10(12)14)8-9-6-4-3-5-7-9/h3-7H,2,8,13H2,1H3,(H2,12,14). The third-order valence-electron chi connectivity index (χ3n) is 2.48. The van der Waals surface area contributed by atoms with E-state index >= 15 is 0 Å². The van der Waals surface area contributed by atoms with Gasteiger partial charge in [0.15, 0.2) is 0 Å². The van der Waals surface area contributed by atoms with Gasteiger partial charge in [-0.05, 0) is 18.4 Å². The smallest absolute Gasteiger partial charge is 0.237 e. The van der Waals surface area contributed by atoms with E-state index < -0.39 is 11.4 Å². The zero-order valence-corrected chi connectivity index (χ0v) is 8.36. The molecule has 76 valence electrons. The summed E-state index contributed by atoms with van der Waals surface area (Å²) in [7, 11) is 0. The first-order chi connectivity index (χ1) is 6.58. The highest BCUT2D eigenvalue weighted by atomic mass is 16.1. The van der Waals surface area contributed by atoms with Crippen molar-refractivity contribution in [3.05, 3.63) is 35.9 Å². The number of carbonyl (C=O) groups excluding carboxylic acids is 1. The van der Waals surface area contributed by atoms with E-state index in [4.69, 9.17) is 11.5 Å². The zero-order valence-electron chi connectivity index (χ0n) is 8.36. The van der Waals surface area contributed by atoms with E-state index in [0.717, 1.165) is 5.56 Å². The summed E-state index contributed by atoms with van der Waals surface area (Å²) in [6.07, 6.45) is 1.05. The Morgan fingerprint density at radius 2 is 1.93 bits per heavy atom. The van der Waals surface area contributed by atoms with Gasteiger partial charge in [0.1, 0.15) is 0 Å². The number of primary amides is 1. The quantitative estimate of drug-likeness (QED) is 0.741. The van der Waals surface area contributed by atoms with Gasteiger partial charge < -0.3 is 11.5 Å². The Balaban J connectivity index is 2.81. The van der Waals surface area contributed by atoms with Crippen LogP contribution in [-0.2, 0) is 11.2 Å². The molecule has 0 spiro atoms. The molecular formula is C11H16N2O. The summed E-state index contributed by atoms with van der Waals surface area (Å²) in [5.74, 6) is -0.441. The molecule has 0 aliphatic rings. The molecule has 14 heavy (non-hydrogen) atoms. The fourth-order valence-corrected chi connectivity index (χ4v) is 1.35. The van der Waals surface area contributed by atoms with Crippen LogP contribution in [0.25, 0.3) is 0 Å². The largest absolute Gasteiger partial charge is 0.368 e. The lowest BCUT2D eigenvalue weighted by Crippen LogP contribution is -2.53. The van der Waals surface area contributed by atoms with E-state index in [0.29, 0.717) is 12.8 Å². The van der Waals surface area contributed by atoms with Gasteiger partial charge in [0.2, 0.25) is 5.91 Å². The molecule has 3 heteroatoms. The van der Waals surface area contributed by atoms with Gasteiger partial charge in [0.25, 0.3) is 0 Å². The molecule has 4 N–H and O–H groups in total. The van der Waals surface area contributed by atoms with Gasteiger partial charge in [-0.3, -0.25) is 4.79 Å². The van der Waals surface area contributed by atoms with Crippen LogP contribution in [0.5, 0.6) is 0 Å². The topological polar surface area (TPSA) is 69.1 Å². The minimum atomic E-state index is -0.915. The Morgan fingerprint density at radius 3 is 2.36 bits per heavy atom. The minimum Gasteiger partial charge on any atom is -0.368 e. The lowest BCUT2D eigenvalue weighted by Gasteiger charge is -2.24. The van der Waals surface area contributed by atoms with Crippen molar-refractivity contribution in [2.75, 3.05) is 0 Å². The molecule has 0 aromatic heterocycles. The zero-order chi connectivity index (χ0) is 10.6. The molecule has 0 saturated carbocycles. The van der Waals surface area contributed by atoms with Crippen LogP contribution in [0.2, 0.25) is 0 Å². The maximum Gasteiger partial charge on any atom is 0.237 e. The predicted octanol–water partition coefficient (Wildman–Crippen LogP) is 0.822. The van der Waals surface area contributed by atoms with Crippen molar-refractivity contribution in [3.63, 3.8) is 0 Å². The van der Waals surface area contributed by atoms with Crippen molar-refractivity contribution in [2.45, 2.75) is 25.3 Å². The van der Waals surface area contributed by atoms with Gasteiger partial charge >= 0.3 is 0 Å². The molecule has 1 unspecified atom stereocenters. The molecule has 0 bridgehead atoms. The Morgan fingerprint density at radius 1 is 1.36 bits per heavy atom. The molecule has 0 heterocycles. The van der Waals surface area contributed by atoms with Crippen molar-refractivity contribution in [1.29, 1.82) is 0 Å². The summed E-state index contributed by atoms with van der Waals surface area (Å²) in [6, 6.07) is 9.66. The summed E-state index contributed by atoms with van der Waals surface area (Å²) in [6.45, 7) is 1.87. The number of hydrogen-bond donors (Lipinski definition) is 2. The van der Waals surface area contributed by atoms with Crippen molar-refractivity contribution in [2.24, 2.45) is 11.5 Å². The molecule has 1 atom stereocenters. The SMILES string of the molecule is CCC(N)(Cc1ccccc1)C(N)=O. The number of amides is 1. The maximum absolute atomic E-state index is 11.2. The van der Waals surface area contributed by atoms with Crippen LogP contribution < -0.4 is 11.5 Å². The summed E-state index contributed by atoms with van der Waals surface area (Å²) < 4.78 is 0. The Hall–Kier alpha value is -1.35. The van der Waals surface area contributed by atoms with Crippen molar-refractivity contribution >= 4 is 5.91 Å². The Bertz CT molecular complexity index is 310. The van der Waals surface area contributed by atoms with Gasteiger partial charge in [0.05, 0.1) is 5.54 Å². The monoisotopic (exact) mass is 192 g/mol. The second-order valence-corrected chi connectivity index (χ2v) is 3.54. The molecule has 0 radical (unpaired) electrons. The first-order valence-corrected chi connectivity index (χ1v) is 4.71. The van der Waals surface area contributed by atoms with E-state index in [1.54, 1.807) is 0 Å². The first-order valence-electron chi connectivity index (χ1n) is 4.71. The van der Waals surface area contributed by atoms with E-state index in [-0.39, 0.29) is 0 Å². The normalized spacial score (nSPS) is 14.7. The number of carbonyl (C=O) groups is 1. The van der Waals surface area contributed by atoms with E-state index in [1.165, 1.54) is 0 Å². The number of rotatable bonds is 4. The van der Waals surface area contributed by atoms with E-state index in [1.807, 2.05) is 37.3 Å². The van der Waals surface area contributed by atoms with E-state index in [9.17, 15) is 4.79 Å². The van der Waals surface area contributed by atoms with Crippen LogP contribution in [-0.4, -0.2) is 11.4 Å². The summed E-state index contributed by atoms with van der Waals surface area (Å²) >= 11 is 0. The number of hydrogen-bond acceptors (Lipinski definition) is 2. The summed E-state index contributed by atoms with van der Waals surface area (Å²) in [5.41, 5.74) is 11.3. The molecule has 0 fully saturated rings. The van der Waals surface area contributed by atoms with Crippen molar-refractivity contribution in [3.8, 4) is 0 Å². The molecule has 0 aliphatic heterocycles. The van der Waals surface area contributed by atoms with Crippen LogP contribution >= 0.6 is 0 Å². The molecule has 0 aliphatic carbocycles. The molecule has 1 rings (SSSR count). The fraction of sp³-hybridized carbons (Fsp3) is 0.364. The lowest BCUT2D eigenvalue weighted by molar-refractivity contribution is -0.123. The minimum absolute atomic E-state index is 0.441. The van der Waals surface area contributed by atoms with Gasteiger partial charge in [0, 0.05) is 0 Å². The average Bonchev–Trinajstić information content (AvgIpc) is 2.19. The average molecular weight is 192 g/mol. The fourth-order valence-electron chi connectivity index (χ4n) is 1.35. The van der Waals surface area contributed by atoms with Gasteiger partial charge in [-0.2, -0.15) is 0 Å². The lowest BCUT2D eigenvalue weighted by atomic mass is 9.89. The molecule has 3 nitrogen and oxygen atoms in total. The van der Waals surface area contributed by atoms with Crippen LogP contribution in [0.1, 0.15) is 18.9 Å². The highest BCUT2D eigenvalue weighted by Crippen LogP contribution is 2.13. The number of nitrogens with two attached hydrogens (primary N) is 2. The molecule has 1 aromatic rings. The van der Waals surface area contributed by atoms with Gasteiger partial charge in [-0.15, -0.1) is 0 Å². The third kappa shape index (κ3) is 2.33. The molecule has 1 aromatic carbocycles. The number of benzene rings is 1. The molecule has 0 saturated heterocycles. The third-order valence-corrected chi connectivity index (χ3v) is 2.48. The van der Waals surface area contributed by atoms with Gasteiger partial charge in [-0.1, -0.05) is 37.3 Å². The van der Waals surface area contributed by atoms with Gasteiger partial charge in [-0.25, -0.2) is 0 Å². The first kappa shape index (κ1) is 10.7. The van der Waals surface area contributed by atoms with Crippen LogP contribution in [0, 0.1) is 0 Å². The van der Waals surface area contributed by atoms with Crippen molar-refractivity contribution in [1.82, 2.24) is 0 Å². The highest BCUT2D eigenvalue weighted by molar-refractivity contribution is 5.84. The van der Waals surface area contributed by atoms with Crippen LogP contribution in [0.4, 0.5) is 0 Å². The van der Waals surface area contributed by atoms with Crippen LogP contribution in [0.15, 0.2) is 30.3 Å². The Labute approximate surface area is 84.1 Å². The molecule has 1 amide bonds. The summed E-state index contributed by atoms with van der Waals surface area (Å²) in [5, 5.41) is 0. The summed E-state index contributed by atoms with van der Waals surface area (Å²) in [4.78, 5) is 11.2. The maximum atomic E-state index is 11.2. The second-order valence-electron chi connectivity index (χ2n) is 3.54.